The number of para-hydroxylation sites is 1. The first kappa shape index (κ1) is 19.4. The number of nitrogens with zero attached hydrogens (tertiary/aromatic N) is 1. The number of ether oxygens (including phenoxy) is 1. The van der Waals surface area contributed by atoms with E-state index in [1.807, 2.05) is 32.0 Å². The number of likely N-dealkylation sites (tertiary alicyclic amines) is 1. The zero-order chi connectivity index (χ0) is 19.2. The van der Waals surface area contributed by atoms with Gasteiger partial charge in [-0.05, 0) is 63.4 Å². The topological polar surface area (TPSA) is 41.6 Å². The number of aryl methyl sites for hydroxylation is 3. The van der Waals surface area contributed by atoms with Gasteiger partial charge in [0.2, 0.25) is 0 Å². The van der Waals surface area contributed by atoms with Crippen molar-refractivity contribution in [3.05, 3.63) is 64.7 Å². The molecule has 4 nitrogen and oxygen atoms in total. The molecule has 1 atom stereocenters. The molecule has 0 aliphatic carbocycles. The van der Waals surface area contributed by atoms with Crippen molar-refractivity contribution >= 4 is 5.91 Å². The van der Waals surface area contributed by atoms with E-state index in [2.05, 4.69) is 41.4 Å². The number of rotatable bonds is 7. The summed E-state index contributed by atoms with van der Waals surface area (Å²) in [4.78, 5) is 14.9. The lowest BCUT2D eigenvalue weighted by Gasteiger charge is -2.28. The molecule has 27 heavy (non-hydrogen) atoms. The lowest BCUT2D eigenvalue weighted by atomic mass is 10.0. The van der Waals surface area contributed by atoms with E-state index in [9.17, 15) is 4.79 Å². The number of carbonyl (C=O) groups excluding carboxylic acids is 1. The number of benzene rings is 2. The maximum atomic E-state index is 12.4. The van der Waals surface area contributed by atoms with Gasteiger partial charge in [-0.15, -0.1) is 0 Å². The van der Waals surface area contributed by atoms with Gasteiger partial charge in [-0.3, -0.25) is 9.69 Å². The van der Waals surface area contributed by atoms with Gasteiger partial charge in [0.1, 0.15) is 5.75 Å². The third-order valence-electron chi connectivity index (χ3n) is 5.29. The summed E-state index contributed by atoms with van der Waals surface area (Å²) in [7, 11) is 0. The molecule has 1 amide bonds. The van der Waals surface area contributed by atoms with Crippen LogP contribution in [0.2, 0.25) is 0 Å². The normalized spacial score (nSPS) is 15.5. The molecule has 1 fully saturated rings. The highest BCUT2D eigenvalue weighted by atomic mass is 16.5. The Morgan fingerprint density at radius 3 is 2.30 bits per heavy atom. The highest BCUT2D eigenvalue weighted by molar-refractivity contribution is 5.77. The van der Waals surface area contributed by atoms with Crippen LogP contribution in [0, 0.1) is 20.8 Å². The fraction of sp³-hybridized carbons (Fsp3) is 0.435. The summed E-state index contributed by atoms with van der Waals surface area (Å²) in [6.45, 7) is 8.94. The van der Waals surface area contributed by atoms with Gasteiger partial charge < -0.3 is 10.1 Å². The van der Waals surface area contributed by atoms with E-state index in [-0.39, 0.29) is 18.6 Å². The zero-order valence-corrected chi connectivity index (χ0v) is 16.6. The van der Waals surface area contributed by atoms with Gasteiger partial charge in [-0.2, -0.15) is 0 Å². The molecule has 1 N–H and O–H groups in total. The smallest absolute Gasteiger partial charge is 0.258 e. The molecule has 0 bridgehead atoms. The fourth-order valence-electron chi connectivity index (χ4n) is 3.73. The Balaban J connectivity index is 1.59. The number of carbonyl (C=O) groups is 1. The quantitative estimate of drug-likeness (QED) is 0.807. The highest BCUT2D eigenvalue weighted by Crippen LogP contribution is 2.25. The molecule has 2 aromatic rings. The third-order valence-corrected chi connectivity index (χ3v) is 5.29. The molecule has 1 heterocycles. The van der Waals surface area contributed by atoms with Crippen LogP contribution in [0.25, 0.3) is 0 Å². The van der Waals surface area contributed by atoms with Gasteiger partial charge in [0.05, 0.1) is 6.04 Å². The summed E-state index contributed by atoms with van der Waals surface area (Å²) in [6.07, 6.45) is 2.46. The van der Waals surface area contributed by atoms with Gasteiger partial charge in [0.25, 0.3) is 5.91 Å². The van der Waals surface area contributed by atoms with E-state index in [1.54, 1.807) is 0 Å². The number of amides is 1. The van der Waals surface area contributed by atoms with Gasteiger partial charge in [-0.25, -0.2) is 0 Å². The monoisotopic (exact) mass is 366 g/mol. The number of hydrogen-bond donors (Lipinski definition) is 1. The van der Waals surface area contributed by atoms with Gasteiger partial charge in [0, 0.05) is 6.54 Å². The van der Waals surface area contributed by atoms with Crippen molar-refractivity contribution in [2.75, 3.05) is 26.2 Å². The molecule has 0 spiro atoms. The van der Waals surface area contributed by atoms with Crippen molar-refractivity contribution in [1.82, 2.24) is 10.2 Å². The van der Waals surface area contributed by atoms with E-state index in [4.69, 9.17) is 4.74 Å². The van der Waals surface area contributed by atoms with E-state index in [0.717, 1.165) is 30.0 Å². The lowest BCUT2D eigenvalue weighted by Crippen LogP contribution is -2.38. The molecular formula is C23H30N2O2. The predicted octanol–water partition coefficient (Wildman–Crippen LogP) is 3.94. The molecule has 144 valence electrons. The van der Waals surface area contributed by atoms with Crippen molar-refractivity contribution in [3.63, 3.8) is 0 Å². The molecule has 1 aliphatic heterocycles. The standard InChI is InChI=1S/C23H30N2O2/c1-17-9-11-20(12-10-17)21(25-13-4-5-14-25)15-24-22(26)16-27-23-18(2)7-6-8-19(23)3/h6-12,21H,4-5,13-16H2,1-3H3,(H,24,26)/t21-/m0/s1. The Kier molecular flexibility index (Phi) is 6.51. The first-order valence-electron chi connectivity index (χ1n) is 9.81. The number of hydrogen-bond acceptors (Lipinski definition) is 3. The Bertz CT molecular complexity index is 744. The molecule has 2 aromatic carbocycles. The highest BCUT2D eigenvalue weighted by Gasteiger charge is 2.24. The van der Waals surface area contributed by atoms with Gasteiger partial charge in [-0.1, -0.05) is 48.0 Å². The third kappa shape index (κ3) is 5.10. The Labute approximate surface area is 162 Å². The molecule has 4 heteroatoms. The van der Waals surface area contributed by atoms with Crippen molar-refractivity contribution in [1.29, 1.82) is 0 Å². The molecule has 0 saturated carbocycles. The molecule has 0 unspecified atom stereocenters. The van der Waals surface area contributed by atoms with Crippen molar-refractivity contribution < 1.29 is 9.53 Å². The summed E-state index contributed by atoms with van der Waals surface area (Å²) in [5, 5.41) is 3.08. The Morgan fingerprint density at radius 2 is 1.67 bits per heavy atom. The van der Waals surface area contributed by atoms with Crippen LogP contribution in [0.1, 0.15) is 41.1 Å². The Morgan fingerprint density at radius 1 is 1.04 bits per heavy atom. The molecule has 1 aliphatic rings. The van der Waals surface area contributed by atoms with Crippen LogP contribution in [0.5, 0.6) is 5.75 Å². The maximum absolute atomic E-state index is 12.4. The maximum Gasteiger partial charge on any atom is 0.258 e. The minimum absolute atomic E-state index is 0.0479. The van der Waals surface area contributed by atoms with Crippen LogP contribution in [0.15, 0.2) is 42.5 Å². The molecule has 1 saturated heterocycles. The molecule has 0 aromatic heterocycles. The first-order valence-corrected chi connectivity index (χ1v) is 9.81. The number of nitrogens with one attached hydrogen (secondary N) is 1. The van der Waals surface area contributed by atoms with E-state index < -0.39 is 0 Å². The summed E-state index contributed by atoms with van der Waals surface area (Å²) >= 11 is 0. The second-order valence-electron chi connectivity index (χ2n) is 7.48. The largest absolute Gasteiger partial charge is 0.483 e. The van der Waals surface area contributed by atoms with Crippen LogP contribution in [0.3, 0.4) is 0 Å². The van der Waals surface area contributed by atoms with Crippen LogP contribution in [-0.4, -0.2) is 37.0 Å². The lowest BCUT2D eigenvalue weighted by molar-refractivity contribution is -0.123. The SMILES string of the molecule is Cc1ccc([C@H](CNC(=O)COc2c(C)cccc2C)N2CCCC2)cc1. The molecule has 3 rings (SSSR count). The zero-order valence-electron chi connectivity index (χ0n) is 16.6. The van der Waals surface area contributed by atoms with Crippen molar-refractivity contribution in [3.8, 4) is 5.75 Å². The summed E-state index contributed by atoms with van der Waals surface area (Å²) in [5.74, 6) is 0.733. The van der Waals surface area contributed by atoms with Crippen molar-refractivity contribution in [2.24, 2.45) is 0 Å². The van der Waals surface area contributed by atoms with E-state index in [0.29, 0.717) is 6.54 Å². The molecular weight excluding hydrogens is 336 g/mol. The second kappa shape index (κ2) is 9.05. The second-order valence-corrected chi connectivity index (χ2v) is 7.48. The van der Waals surface area contributed by atoms with Crippen LogP contribution in [-0.2, 0) is 4.79 Å². The fourth-order valence-corrected chi connectivity index (χ4v) is 3.73. The van der Waals surface area contributed by atoms with E-state index >= 15 is 0 Å². The minimum Gasteiger partial charge on any atom is -0.483 e. The van der Waals surface area contributed by atoms with Crippen LogP contribution < -0.4 is 10.1 Å². The van der Waals surface area contributed by atoms with Crippen molar-refractivity contribution in [2.45, 2.75) is 39.7 Å². The minimum atomic E-state index is -0.0750. The van der Waals surface area contributed by atoms with Gasteiger partial charge >= 0.3 is 0 Å². The molecule has 0 radical (unpaired) electrons. The average molecular weight is 367 g/mol. The predicted molar refractivity (Wildman–Crippen MR) is 109 cm³/mol. The average Bonchev–Trinajstić information content (AvgIpc) is 3.17. The Hall–Kier alpha value is -2.33. The van der Waals surface area contributed by atoms with Crippen LogP contribution in [0.4, 0.5) is 0 Å². The summed E-state index contributed by atoms with van der Waals surface area (Å²) in [6, 6.07) is 14.9. The summed E-state index contributed by atoms with van der Waals surface area (Å²) < 4.78 is 5.78. The first-order chi connectivity index (χ1) is 13.0. The van der Waals surface area contributed by atoms with Gasteiger partial charge in [0.15, 0.2) is 6.61 Å². The summed E-state index contributed by atoms with van der Waals surface area (Å²) in [5.41, 5.74) is 4.62. The van der Waals surface area contributed by atoms with Crippen LogP contribution >= 0.6 is 0 Å². The van der Waals surface area contributed by atoms with E-state index in [1.165, 1.54) is 24.0 Å².